The lowest BCUT2D eigenvalue weighted by Crippen LogP contribution is -2.41. The number of carbonyl (C=O) groups excluding carboxylic acids is 1. The molecule has 0 saturated carbocycles. The minimum Gasteiger partial charge on any atom is -0.497 e. The van der Waals surface area contributed by atoms with Gasteiger partial charge in [0.25, 0.3) is 0 Å². The van der Waals surface area contributed by atoms with Crippen molar-refractivity contribution in [1.82, 2.24) is 0 Å². The number of benzene rings is 2. The van der Waals surface area contributed by atoms with E-state index in [-0.39, 0.29) is 5.97 Å². The van der Waals surface area contributed by atoms with E-state index in [0.29, 0.717) is 5.56 Å². The van der Waals surface area contributed by atoms with Crippen LogP contribution in [0.5, 0.6) is 5.75 Å². The van der Waals surface area contributed by atoms with E-state index in [1.54, 1.807) is 7.11 Å². The molecular formula is C25H33BO5. The Hall–Kier alpha value is -2.31. The summed E-state index contributed by atoms with van der Waals surface area (Å²) >= 11 is 0. The van der Waals surface area contributed by atoms with Crippen LogP contribution in [0.3, 0.4) is 0 Å². The Morgan fingerprint density at radius 2 is 1.65 bits per heavy atom. The average Bonchev–Trinajstić information content (AvgIpc) is 2.94. The summed E-state index contributed by atoms with van der Waals surface area (Å²) in [6, 6.07) is 12.0. The molecule has 0 unspecified atom stereocenters. The van der Waals surface area contributed by atoms with Gasteiger partial charge in [0.05, 0.1) is 31.0 Å². The van der Waals surface area contributed by atoms with Gasteiger partial charge in [-0.15, -0.1) is 0 Å². The molecule has 1 saturated heterocycles. The first-order valence-electron chi connectivity index (χ1n) is 10.8. The third-order valence-electron chi connectivity index (χ3n) is 6.33. The second-order valence-corrected chi connectivity index (χ2v) is 9.21. The van der Waals surface area contributed by atoms with E-state index in [1.807, 2.05) is 52.0 Å². The van der Waals surface area contributed by atoms with Crippen LogP contribution in [0.1, 0.15) is 61.2 Å². The van der Waals surface area contributed by atoms with Gasteiger partial charge in [0.15, 0.2) is 0 Å². The molecule has 166 valence electrons. The molecule has 0 radical (unpaired) electrons. The number of rotatable bonds is 7. The van der Waals surface area contributed by atoms with Crippen LogP contribution in [0, 0.1) is 6.92 Å². The van der Waals surface area contributed by atoms with Gasteiger partial charge in [0.1, 0.15) is 5.75 Å². The average molecular weight is 424 g/mol. The van der Waals surface area contributed by atoms with Crippen LogP contribution in [0.2, 0.25) is 0 Å². The third kappa shape index (κ3) is 5.13. The Labute approximate surface area is 186 Å². The molecule has 1 aliphatic rings. The van der Waals surface area contributed by atoms with Gasteiger partial charge in [-0.1, -0.05) is 12.1 Å². The maximum atomic E-state index is 12.1. The molecule has 0 bridgehead atoms. The van der Waals surface area contributed by atoms with Crippen LogP contribution in [0.4, 0.5) is 0 Å². The summed E-state index contributed by atoms with van der Waals surface area (Å²) in [5, 5.41) is 0. The van der Waals surface area contributed by atoms with E-state index in [2.05, 4.69) is 19.1 Å². The fourth-order valence-corrected chi connectivity index (χ4v) is 3.83. The highest BCUT2D eigenvalue weighted by Gasteiger charge is 2.52. The van der Waals surface area contributed by atoms with Crippen molar-refractivity contribution in [3.63, 3.8) is 0 Å². The highest BCUT2D eigenvalue weighted by Crippen LogP contribution is 2.36. The molecule has 1 heterocycles. The molecule has 2 aromatic rings. The number of aryl methyl sites for hydroxylation is 3. The third-order valence-corrected chi connectivity index (χ3v) is 6.33. The number of esters is 1. The summed E-state index contributed by atoms with van der Waals surface area (Å²) < 4.78 is 22.9. The van der Waals surface area contributed by atoms with Crippen molar-refractivity contribution < 1.29 is 23.6 Å². The Bertz CT molecular complexity index is 935. The van der Waals surface area contributed by atoms with E-state index >= 15 is 0 Å². The van der Waals surface area contributed by atoms with Crippen LogP contribution in [-0.2, 0) is 26.9 Å². The SMILES string of the molecule is COC(=O)c1ccc(CCCc2cc(C)cc(OC)c2)c(B2OC(C)(C)C(C)(C)O2)c1. The fourth-order valence-electron chi connectivity index (χ4n) is 3.83. The lowest BCUT2D eigenvalue weighted by molar-refractivity contribution is 0.00578. The maximum Gasteiger partial charge on any atom is 0.495 e. The molecule has 31 heavy (non-hydrogen) atoms. The second-order valence-electron chi connectivity index (χ2n) is 9.21. The molecule has 2 aromatic carbocycles. The van der Waals surface area contributed by atoms with E-state index in [1.165, 1.54) is 18.2 Å². The Morgan fingerprint density at radius 3 is 2.26 bits per heavy atom. The van der Waals surface area contributed by atoms with Gasteiger partial charge in [-0.2, -0.15) is 0 Å². The van der Waals surface area contributed by atoms with E-state index in [0.717, 1.165) is 36.0 Å². The van der Waals surface area contributed by atoms with Gasteiger partial charge in [-0.05, 0) is 100 Å². The molecule has 0 N–H and O–H groups in total. The fraction of sp³-hybridized carbons (Fsp3) is 0.480. The van der Waals surface area contributed by atoms with Crippen molar-refractivity contribution in [3.8, 4) is 5.75 Å². The summed E-state index contributed by atoms with van der Waals surface area (Å²) in [4.78, 5) is 12.1. The summed E-state index contributed by atoms with van der Waals surface area (Å²) in [6.45, 7) is 10.2. The minimum absolute atomic E-state index is 0.365. The first-order valence-corrected chi connectivity index (χ1v) is 10.8. The minimum atomic E-state index is -0.524. The molecule has 0 aliphatic carbocycles. The van der Waals surface area contributed by atoms with Gasteiger partial charge < -0.3 is 18.8 Å². The molecule has 6 heteroatoms. The second kappa shape index (κ2) is 9.05. The van der Waals surface area contributed by atoms with Gasteiger partial charge in [-0.3, -0.25) is 0 Å². The Morgan fingerprint density at radius 1 is 0.968 bits per heavy atom. The topological polar surface area (TPSA) is 54.0 Å². The van der Waals surface area contributed by atoms with Crippen molar-refractivity contribution >= 4 is 18.6 Å². The summed E-state index contributed by atoms with van der Waals surface area (Å²) in [5.41, 5.74) is 4.05. The first-order chi connectivity index (χ1) is 14.6. The van der Waals surface area contributed by atoms with E-state index in [9.17, 15) is 4.79 Å². The number of hydrogen-bond donors (Lipinski definition) is 0. The van der Waals surface area contributed by atoms with Crippen molar-refractivity contribution in [2.75, 3.05) is 14.2 Å². The van der Waals surface area contributed by atoms with Gasteiger partial charge in [0.2, 0.25) is 0 Å². The van der Waals surface area contributed by atoms with E-state index < -0.39 is 18.3 Å². The summed E-state index contributed by atoms with van der Waals surface area (Å²) in [5.74, 6) is 0.520. The van der Waals surface area contributed by atoms with Crippen LogP contribution < -0.4 is 10.2 Å². The normalized spacial score (nSPS) is 16.9. The highest BCUT2D eigenvalue weighted by atomic mass is 16.7. The molecule has 0 aromatic heterocycles. The van der Waals surface area contributed by atoms with Crippen LogP contribution >= 0.6 is 0 Å². The number of methoxy groups -OCH3 is 2. The molecule has 3 rings (SSSR count). The van der Waals surface area contributed by atoms with Gasteiger partial charge in [-0.25, -0.2) is 4.79 Å². The zero-order valence-corrected chi connectivity index (χ0v) is 19.7. The molecular weight excluding hydrogens is 391 g/mol. The van der Waals surface area contributed by atoms with Crippen molar-refractivity contribution in [2.24, 2.45) is 0 Å². The van der Waals surface area contributed by atoms with Crippen molar-refractivity contribution in [1.29, 1.82) is 0 Å². The lowest BCUT2D eigenvalue weighted by Gasteiger charge is -2.32. The first kappa shape index (κ1) is 23.4. The Kier molecular flexibility index (Phi) is 6.82. The molecule has 1 aliphatic heterocycles. The van der Waals surface area contributed by atoms with Crippen LogP contribution in [-0.4, -0.2) is 38.5 Å². The monoisotopic (exact) mass is 424 g/mol. The number of ether oxygens (including phenoxy) is 2. The predicted octanol–water partition coefficient (Wildman–Crippen LogP) is 4.26. The molecule has 0 atom stereocenters. The number of hydrogen-bond acceptors (Lipinski definition) is 5. The highest BCUT2D eigenvalue weighted by molar-refractivity contribution is 6.62. The molecule has 0 amide bonds. The van der Waals surface area contributed by atoms with Crippen LogP contribution in [0.15, 0.2) is 36.4 Å². The molecule has 0 spiro atoms. The smallest absolute Gasteiger partial charge is 0.495 e. The van der Waals surface area contributed by atoms with Gasteiger partial charge >= 0.3 is 13.1 Å². The quantitative estimate of drug-likeness (QED) is 0.491. The van der Waals surface area contributed by atoms with Crippen molar-refractivity contribution in [2.45, 2.75) is 65.1 Å². The summed E-state index contributed by atoms with van der Waals surface area (Å²) in [6.07, 6.45) is 2.73. The maximum absolute atomic E-state index is 12.1. The standard InChI is InChI=1S/C25H33BO5/c1-17-13-18(15-21(14-17)28-6)9-8-10-19-11-12-20(23(27)29-7)16-22(19)26-30-24(2,3)25(4,5)31-26/h11-16H,8-10H2,1-7H3. The molecule has 1 fully saturated rings. The van der Waals surface area contributed by atoms with E-state index in [4.69, 9.17) is 18.8 Å². The molecule has 5 nitrogen and oxygen atoms in total. The summed E-state index contributed by atoms with van der Waals surface area (Å²) in [7, 11) is 2.56. The zero-order chi connectivity index (χ0) is 22.8. The van der Waals surface area contributed by atoms with Crippen LogP contribution in [0.25, 0.3) is 0 Å². The van der Waals surface area contributed by atoms with Gasteiger partial charge in [0, 0.05) is 0 Å². The lowest BCUT2D eigenvalue weighted by atomic mass is 9.74. The predicted molar refractivity (Wildman–Crippen MR) is 123 cm³/mol. The Balaban J connectivity index is 1.83. The van der Waals surface area contributed by atoms with Crippen molar-refractivity contribution in [3.05, 3.63) is 58.7 Å². The zero-order valence-electron chi connectivity index (χ0n) is 19.7. The number of carbonyl (C=O) groups is 1. The largest absolute Gasteiger partial charge is 0.497 e.